The van der Waals surface area contributed by atoms with E-state index in [2.05, 4.69) is 11.8 Å². The quantitative estimate of drug-likeness (QED) is 0.496. The molecule has 0 saturated carbocycles. The predicted octanol–water partition coefficient (Wildman–Crippen LogP) is 1.70. The standard InChI is InChI=1S/C14H22FN3O/c1-2-3-6-18(7-8-19)10-11-4-5-12(15)9-13(11)14(16)17/h4-5,9,19H,2-3,6-8,10H2,1H3,(H3,16,17). The van der Waals surface area contributed by atoms with Gasteiger partial charge in [-0.25, -0.2) is 4.39 Å². The number of amidine groups is 1. The molecule has 0 saturated heterocycles. The largest absolute Gasteiger partial charge is 0.395 e. The fourth-order valence-corrected chi connectivity index (χ4v) is 1.97. The van der Waals surface area contributed by atoms with Crippen molar-refractivity contribution in [3.8, 4) is 0 Å². The van der Waals surface area contributed by atoms with Gasteiger partial charge in [0.05, 0.1) is 6.61 Å². The fourth-order valence-electron chi connectivity index (χ4n) is 1.97. The van der Waals surface area contributed by atoms with E-state index in [1.165, 1.54) is 12.1 Å². The van der Waals surface area contributed by atoms with E-state index >= 15 is 0 Å². The van der Waals surface area contributed by atoms with Crippen LogP contribution in [0.4, 0.5) is 4.39 Å². The van der Waals surface area contributed by atoms with Crippen LogP contribution in [0.15, 0.2) is 18.2 Å². The fraction of sp³-hybridized carbons (Fsp3) is 0.500. The first-order valence-electron chi connectivity index (χ1n) is 6.54. The number of unbranched alkanes of at least 4 members (excludes halogenated alkanes) is 1. The van der Waals surface area contributed by atoms with Crippen LogP contribution in [0.2, 0.25) is 0 Å². The minimum Gasteiger partial charge on any atom is -0.395 e. The number of rotatable bonds is 8. The van der Waals surface area contributed by atoms with Crippen LogP contribution in [0.25, 0.3) is 0 Å². The van der Waals surface area contributed by atoms with Gasteiger partial charge in [-0.15, -0.1) is 0 Å². The van der Waals surface area contributed by atoms with Gasteiger partial charge in [-0.2, -0.15) is 0 Å². The molecule has 1 rings (SSSR count). The van der Waals surface area contributed by atoms with Crippen LogP contribution in [-0.2, 0) is 6.54 Å². The molecule has 0 radical (unpaired) electrons. The third-order valence-electron chi connectivity index (χ3n) is 3.00. The molecule has 1 aromatic carbocycles. The van der Waals surface area contributed by atoms with Crippen molar-refractivity contribution in [3.05, 3.63) is 35.1 Å². The number of hydrogen-bond acceptors (Lipinski definition) is 3. The molecule has 0 aliphatic rings. The van der Waals surface area contributed by atoms with Crippen LogP contribution in [-0.4, -0.2) is 35.5 Å². The molecule has 5 heteroatoms. The molecular formula is C14H22FN3O. The molecule has 0 amide bonds. The summed E-state index contributed by atoms with van der Waals surface area (Å²) < 4.78 is 13.2. The van der Waals surface area contributed by atoms with Crippen LogP contribution >= 0.6 is 0 Å². The van der Waals surface area contributed by atoms with Crippen molar-refractivity contribution in [1.82, 2.24) is 4.90 Å². The van der Waals surface area contributed by atoms with Gasteiger partial charge < -0.3 is 10.8 Å². The Hall–Kier alpha value is -1.46. The average Bonchev–Trinajstić information content (AvgIpc) is 2.38. The maximum Gasteiger partial charge on any atom is 0.123 e. The molecule has 0 spiro atoms. The lowest BCUT2D eigenvalue weighted by Crippen LogP contribution is -2.29. The zero-order valence-electron chi connectivity index (χ0n) is 11.3. The Morgan fingerprint density at radius 2 is 2.16 bits per heavy atom. The molecule has 0 unspecified atom stereocenters. The number of nitrogens with zero attached hydrogens (tertiary/aromatic N) is 1. The number of nitrogen functional groups attached to an aromatic ring is 1. The van der Waals surface area contributed by atoms with E-state index in [1.54, 1.807) is 6.07 Å². The molecular weight excluding hydrogens is 245 g/mol. The number of aliphatic hydroxyl groups excluding tert-OH is 1. The molecule has 0 heterocycles. The SMILES string of the molecule is CCCCN(CCO)Cc1ccc(F)cc1C(=N)N. The van der Waals surface area contributed by atoms with Crippen molar-refractivity contribution in [2.45, 2.75) is 26.3 Å². The Labute approximate surface area is 113 Å². The van der Waals surface area contributed by atoms with Gasteiger partial charge in [0.1, 0.15) is 11.7 Å². The maximum atomic E-state index is 13.2. The van der Waals surface area contributed by atoms with E-state index in [0.29, 0.717) is 18.7 Å². The second-order valence-electron chi connectivity index (χ2n) is 4.57. The number of halogens is 1. The summed E-state index contributed by atoms with van der Waals surface area (Å²) in [5.41, 5.74) is 6.73. The molecule has 0 fully saturated rings. The smallest absolute Gasteiger partial charge is 0.123 e. The summed E-state index contributed by atoms with van der Waals surface area (Å²) in [7, 11) is 0. The maximum absolute atomic E-state index is 13.2. The van der Waals surface area contributed by atoms with E-state index < -0.39 is 5.82 Å². The molecule has 0 aliphatic carbocycles. The number of benzene rings is 1. The number of aliphatic hydroxyl groups is 1. The van der Waals surface area contributed by atoms with Crippen LogP contribution in [0.5, 0.6) is 0 Å². The first kappa shape index (κ1) is 15.6. The molecule has 0 aliphatic heterocycles. The Kier molecular flexibility index (Phi) is 6.45. The van der Waals surface area contributed by atoms with Crippen molar-refractivity contribution in [3.63, 3.8) is 0 Å². The van der Waals surface area contributed by atoms with Crippen LogP contribution < -0.4 is 5.73 Å². The summed E-state index contributed by atoms with van der Waals surface area (Å²) >= 11 is 0. The van der Waals surface area contributed by atoms with Crippen molar-refractivity contribution in [1.29, 1.82) is 5.41 Å². The molecule has 4 N–H and O–H groups in total. The van der Waals surface area contributed by atoms with Crippen molar-refractivity contribution >= 4 is 5.84 Å². The van der Waals surface area contributed by atoms with Gasteiger partial charge in [0.25, 0.3) is 0 Å². The Morgan fingerprint density at radius 3 is 2.74 bits per heavy atom. The summed E-state index contributed by atoms with van der Waals surface area (Å²) in [5.74, 6) is -0.523. The summed E-state index contributed by atoms with van der Waals surface area (Å²) in [6, 6.07) is 4.32. The Morgan fingerprint density at radius 1 is 1.42 bits per heavy atom. The Bertz CT molecular complexity index is 423. The number of hydrogen-bond donors (Lipinski definition) is 3. The highest BCUT2D eigenvalue weighted by Gasteiger charge is 2.11. The second-order valence-corrected chi connectivity index (χ2v) is 4.57. The van der Waals surface area contributed by atoms with Gasteiger partial charge in [0.15, 0.2) is 0 Å². The number of nitrogens with two attached hydrogens (primary N) is 1. The zero-order chi connectivity index (χ0) is 14.3. The molecule has 0 atom stereocenters. The highest BCUT2D eigenvalue weighted by Crippen LogP contribution is 2.14. The average molecular weight is 267 g/mol. The van der Waals surface area contributed by atoms with E-state index in [1.807, 2.05) is 0 Å². The van der Waals surface area contributed by atoms with Gasteiger partial charge in [-0.1, -0.05) is 19.4 Å². The van der Waals surface area contributed by atoms with Crippen LogP contribution in [0.3, 0.4) is 0 Å². The Balaban J connectivity index is 2.85. The van der Waals surface area contributed by atoms with Crippen LogP contribution in [0, 0.1) is 11.2 Å². The minimum absolute atomic E-state index is 0.0836. The highest BCUT2D eigenvalue weighted by molar-refractivity contribution is 5.96. The van der Waals surface area contributed by atoms with Gasteiger partial charge in [0.2, 0.25) is 0 Å². The summed E-state index contributed by atoms with van der Waals surface area (Å²) in [6.45, 7) is 4.19. The summed E-state index contributed by atoms with van der Waals surface area (Å²) in [5, 5.41) is 16.6. The van der Waals surface area contributed by atoms with Gasteiger partial charge in [-0.05, 0) is 30.7 Å². The number of nitrogens with one attached hydrogen (secondary N) is 1. The van der Waals surface area contributed by atoms with E-state index in [9.17, 15) is 4.39 Å². The highest BCUT2D eigenvalue weighted by atomic mass is 19.1. The lowest BCUT2D eigenvalue weighted by Gasteiger charge is -2.22. The van der Waals surface area contributed by atoms with E-state index in [4.69, 9.17) is 16.2 Å². The zero-order valence-corrected chi connectivity index (χ0v) is 11.3. The summed E-state index contributed by atoms with van der Waals surface area (Å²) in [4.78, 5) is 2.09. The van der Waals surface area contributed by atoms with Crippen molar-refractivity contribution in [2.75, 3.05) is 19.7 Å². The normalized spacial score (nSPS) is 10.9. The first-order chi connectivity index (χ1) is 9.08. The lowest BCUT2D eigenvalue weighted by molar-refractivity contribution is 0.188. The molecule has 1 aromatic rings. The van der Waals surface area contributed by atoms with Gasteiger partial charge in [-0.3, -0.25) is 10.3 Å². The third kappa shape index (κ3) is 4.96. The van der Waals surface area contributed by atoms with Gasteiger partial charge in [0, 0.05) is 18.7 Å². The molecule has 0 bridgehead atoms. The first-order valence-corrected chi connectivity index (χ1v) is 6.54. The van der Waals surface area contributed by atoms with Crippen molar-refractivity contribution in [2.24, 2.45) is 5.73 Å². The monoisotopic (exact) mass is 267 g/mol. The summed E-state index contributed by atoms with van der Waals surface area (Å²) in [6.07, 6.45) is 2.11. The van der Waals surface area contributed by atoms with E-state index in [0.717, 1.165) is 24.9 Å². The van der Waals surface area contributed by atoms with Crippen molar-refractivity contribution < 1.29 is 9.50 Å². The molecule has 4 nitrogen and oxygen atoms in total. The molecule has 0 aromatic heterocycles. The third-order valence-corrected chi connectivity index (χ3v) is 3.00. The topological polar surface area (TPSA) is 73.3 Å². The van der Waals surface area contributed by atoms with E-state index in [-0.39, 0.29) is 12.4 Å². The molecule has 106 valence electrons. The lowest BCUT2D eigenvalue weighted by atomic mass is 10.1. The minimum atomic E-state index is -0.392. The van der Waals surface area contributed by atoms with Crippen LogP contribution in [0.1, 0.15) is 30.9 Å². The second kappa shape index (κ2) is 7.86. The molecule has 19 heavy (non-hydrogen) atoms. The van der Waals surface area contributed by atoms with Gasteiger partial charge >= 0.3 is 0 Å². The predicted molar refractivity (Wildman–Crippen MR) is 74.7 cm³/mol.